The molecule has 136 valence electrons. The monoisotopic (exact) mass is 386 g/mol. The lowest BCUT2D eigenvalue weighted by atomic mass is 9.98. The van der Waals surface area contributed by atoms with Crippen molar-refractivity contribution in [2.24, 2.45) is 0 Å². The molecule has 2 aromatic carbocycles. The van der Waals surface area contributed by atoms with Crippen LogP contribution in [0.5, 0.6) is 0 Å². The number of carbonyl (C=O) groups excluding carboxylic acids is 2. The molecule has 2 heterocycles. The highest BCUT2D eigenvalue weighted by molar-refractivity contribution is 7.14. The number of esters is 1. The molecule has 0 spiro atoms. The van der Waals surface area contributed by atoms with Crippen LogP contribution in [-0.4, -0.2) is 23.0 Å². The average molecular weight is 386 g/mol. The molecule has 1 aliphatic rings. The number of cyclic esters (lactones) is 1. The van der Waals surface area contributed by atoms with Gasteiger partial charge in [0.25, 0.3) is 5.91 Å². The van der Waals surface area contributed by atoms with Crippen molar-refractivity contribution in [3.8, 4) is 11.3 Å². The van der Waals surface area contributed by atoms with Gasteiger partial charge < -0.3 is 4.74 Å². The van der Waals surface area contributed by atoms with E-state index in [0.717, 1.165) is 29.0 Å². The van der Waals surface area contributed by atoms with Crippen LogP contribution in [0.15, 0.2) is 47.8 Å². The van der Waals surface area contributed by atoms with Crippen LogP contribution in [0.2, 0.25) is 0 Å². The summed E-state index contributed by atoms with van der Waals surface area (Å²) in [4.78, 5) is 28.7. The highest BCUT2D eigenvalue weighted by atomic mass is 32.1. The number of fused-ring (bicyclic) bond motifs is 1. The number of nitrogens with one attached hydrogen (secondary N) is 1. The van der Waals surface area contributed by atoms with Gasteiger partial charge >= 0.3 is 5.97 Å². The van der Waals surface area contributed by atoms with E-state index < -0.39 is 29.6 Å². The molecule has 0 aliphatic carbocycles. The van der Waals surface area contributed by atoms with E-state index in [1.54, 1.807) is 29.6 Å². The van der Waals surface area contributed by atoms with Gasteiger partial charge in [-0.05, 0) is 29.8 Å². The molecule has 1 N–H and O–H groups in total. The zero-order valence-electron chi connectivity index (χ0n) is 13.7. The van der Waals surface area contributed by atoms with Crippen molar-refractivity contribution in [1.29, 1.82) is 0 Å². The summed E-state index contributed by atoms with van der Waals surface area (Å²) in [5.74, 6) is -2.96. The Kier molecular flexibility index (Phi) is 4.41. The lowest BCUT2D eigenvalue weighted by Gasteiger charge is -2.23. The Labute approximate surface area is 156 Å². The topological polar surface area (TPSA) is 68.3 Å². The number of amides is 1. The summed E-state index contributed by atoms with van der Waals surface area (Å²) in [6, 6.07) is 10.4. The molecule has 1 aliphatic heterocycles. The molecule has 0 fully saturated rings. The fraction of sp³-hybridized carbons (Fsp3) is 0.105. The molecule has 4 rings (SSSR count). The Morgan fingerprint density at radius 2 is 2.00 bits per heavy atom. The molecule has 1 aromatic heterocycles. The third-order valence-electron chi connectivity index (χ3n) is 4.13. The zero-order valence-corrected chi connectivity index (χ0v) is 14.6. The molecule has 0 saturated carbocycles. The molecular formula is C19H12F2N2O3S. The zero-order chi connectivity index (χ0) is 19.0. The highest BCUT2D eigenvalue weighted by Crippen LogP contribution is 2.27. The minimum atomic E-state index is -0.973. The maximum atomic E-state index is 13.4. The van der Waals surface area contributed by atoms with E-state index in [0.29, 0.717) is 16.8 Å². The first kappa shape index (κ1) is 17.3. The standard InChI is InChI=1S/C19H12F2N2O3S/c20-13-6-5-11(7-14(13)21)15-9-27-19(22-15)23-17(24)16-8-10-3-1-2-4-12(10)18(25)26-16/h1-7,9,16H,8H2,(H,22,23,24). The summed E-state index contributed by atoms with van der Waals surface area (Å²) in [6.45, 7) is 0. The Bertz CT molecular complexity index is 1050. The molecule has 8 heteroatoms. The fourth-order valence-corrected chi connectivity index (χ4v) is 3.51. The van der Waals surface area contributed by atoms with Crippen molar-refractivity contribution in [3.05, 3.63) is 70.6 Å². The predicted octanol–water partition coefficient (Wildman–Crippen LogP) is 3.81. The van der Waals surface area contributed by atoms with Gasteiger partial charge in [-0.25, -0.2) is 18.6 Å². The second kappa shape index (κ2) is 6.88. The number of ether oxygens (including phenoxy) is 1. The third kappa shape index (κ3) is 3.43. The molecule has 27 heavy (non-hydrogen) atoms. The molecule has 1 atom stereocenters. The largest absolute Gasteiger partial charge is 0.448 e. The van der Waals surface area contributed by atoms with Crippen molar-refractivity contribution in [2.75, 3.05) is 5.32 Å². The van der Waals surface area contributed by atoms with Gasteiger partial charge in [-0.1, -0.05) is 18.2 Å². The second-order valence-corrected chi connectivity index (χ2v) is 6.77. The number of aromatic nitrogens is 1. The van der Waals surface area contributed by atoms with Crippen molar-refractivity contribution >= 4 is 28.3 Å². The van der Waals surface area contributed by atoms with Gasteiger partial charge in [0.2, 0.25) is 0 Å². The minimum absolute atomic E-state index is 0.273. The smallest absolute Gasteiger partial charge is 0.339 e. The van der Waals surface area contributed by atoms with E-state index in [1.807, 2.05) is 0 Å². The number of thiazole rings is 1. The molecule has 1 amide bonds. The molecule has 1 unspecified atom stereocenters. The molecular weight excluding hydrogens is 374 g/mol. The van der Waals surface area contributed by atoms with Crippen molar-refractivity contribution in [1.82, 2.24) is 4.98 Å². The van der Waals surface area contributed by atoms with Crippen LogP contribution in [-0.2, 0) is 16.0 Å². The summed E-state index contributed by atoms with van der Waals surface area (Å²) >= 11 is 1.13. The van der Waals surface area contributed by atoms with E-state index in [-0.39, 0.29) is 11.6 Å². The fourth-order valence-electron chi connectivity index (χ4n) is 2.78. The molecule has 3 aromatic rings. The van der Waals surface area contributed by atoms with E-state index in [2.05, 4.69) is 10.3 Å². The summed E-state index contributed by atoms with van der Waals surface area (Å²) < 4.78 is 31.6. The molecule has 0 radical (unpaired) electrons. The molecule has 0 bridgehead atoms. The van der Waals surface area contributed by atoms with E-state index >= 15 is 0 Å². The van der Waals surface area contributed by atoms with Gasteiger partial charge in [-0.2, -0.15) is 0 Å². The number of rotatable bonds is 3. The SMILES string of the molecule is O=C1OC(C(=O)Nc2nc(-c3ccc(F)c(F)c3)cs2)Cc2ccccc21. The van der Waals surface area contributed by atoms with E-state index in [9.17, 15) is 18.4 Å². The lowest BCUT2D eigenvalue weighted by molar-refractivity contribution is -0.125. The number of anilines is 1. The van der Waals surface area contributed by atoms with E-state index in [4.69, 9.17) is 4.74 Å². The maximum absolute atomic E-state index is 13.4. The quantitative estimate of drug-likeness (QED) is 0.695. The maximum Gasteiger partial charge on any atom is 0.339 e. The van der Waals surface area contributed by atoms with Crippen molar-refractivity contribution < 1.29 is 23.1 Å². The third-order valence-corrected chi connectivity index (χ3v) is 4.89. The van der Waals surface area contributed by atoms with Crippen molar-refractivity contribution in [3.63, 3.8) is 0 Å². The van der Waals surface area contributed by atoms with Gasteiger partial charge in [0.05, 0.1) is 11.3 Å². The van der Waals surface area contributed by atoms with Gasteiger partial charge in [-0.15, -0.1) is 11.3 Å². The van der Waals surface area contributed by atoms with Crippen LogP contribution in [0.4, 0.5) is 13.9 Å². The second-order valence-electron chi connectivity index (χ2n) is 5.91. The predicted molar refractivity (Wildman–Crippen MR) is 95.4 cm³/mol. The number of halogens is 2. The molecule has 5 nitrogen and oxygen atoms in total. The number of carbonyl (C=O) groups is 2. The van der Waals surface area contributed by atoms with Gasteiger partial charge in [0.1, 0.15) is 0 Å². The average Bonchev–Trinajstić information content (AvgIpc) is 3.12. The van der Waals surface area contributed by atoms with Crippen LogP contribution in [0, 0.1) is 11.6 Å². The van der Waals surface area contributed by atoms with E-state index in [1.165, 1.54) is 6.07 Å². The Hall–Kier alpha value is -3.13. The number of benzene rings is 2. The Morgan fingerprint density at radius 1 is 1.19 bits per heavy atom. The van der Waals surface area contributed by atoms with Gasteiger partial charge in [0.15, 0.2) is 22.9 Å². The summed E-state index contributed by atoms with van der Waals surface area (Å²) in [6.07, 6.45) is -0.683. The highest BCUT2D eigenvalue weighted by Gasteiger charge is 2.31. The number of nitrogens with zero attached hydrogens (tertiary/aromatic N) is 1. The first-order chi connectivity index (χ1) is 13.0. The van der Waals surface area contributed by atoms with Crippen LogP contribution in [0.25, 0.3) is 11.3 Å². The van der Waals surface area contributed by atoms with Crippen LogP contribution in [0.3, 0.4) is 0 Å². The van der Waals surface area contributed by atoms with Crippen LogP contribution >= 0.6 is 11.3 Å². The normalized spacial score (nSPS) is 15.8. The number of hydrogen-bond acceptors (Lipinski definition) is 5. The number of hydrogen-bond donors (Lipinski definition) is 1. The Balaban J connectivity index is 1.49. The summed E-state index contributed by atoms with van der Waals surface area (Å²) in [7, 11) is 0. The summed E-state index contributed by atoms with van der Waals surface area (Å²) in [5, 5.41) is 4.49. The minimum Gasteiger partial charge on any atom is -0.448 e. The summed E-state index contributed by atoms with van der Waals surface area (Å²) in [5.41, 5.74) is 2.00. The van der Waals surface area contributed by atoms with Crippen LogP contribution < -0.4 is 5.32 Å². The first-order valence-corrected chi connectivity index (χ1v) is 8.90. The van der Waals surface area contributed by atoms with Crippen LogP contribution in [0.1, 0.15) is 15.9 Å². The van der Waals surface area contributed by atoms with Crippen molar-refractivity contribution in [2.45, 2.75) is 12.5 Å². The molecule has 0 saturated heterocycles. The van der Waals surface area contributed by atoms with Gasteiger partial charge in [0, 0.05) is 17.4 Å². The first-order valence-electron chi connectivity index (χ1n) is 8.02. The van der Waals surface area contributed by atoms with Gasteiger partial charge in [-0.3, -0.25) is 10.1 Å². The Morgan fingerprint density at radius 3 is 2.81 bits per heavy atom. The lowest BCUT2D eigenvalue weighted by Crippen LogP contribution is -2.37.